The van der Waals surface area contributed by atoms with Crippen LogP contribution in [0.15, 0.2) is 40.3 Å². The molecule has 0 aliphatic rings. The number of rotatable bonds is 3. The van der Waals surface area contributed by atoms with E-state index in [1.54, 1.807) is 11.3 Å². The Bertz CT molecular complexity index is 770. The predicted octanol–water partition coefficient (Wildman–Crippen LogP) is 5.63. The van der Waals surface area contributed by atoms with Crippen molar-refractivity contribution in [3.63, 3.8) is 0 Å². The van der Waals surface area contributed by atoms with E-state index in [4.69, 9.17) is 11.6 Å². The number of hydrogen-bond acceptors (Lipinski definition) is 3. The summed E-state index contributed by atoms with van der Waals surface area (Å²) in [5, 5.41) is 4.10. The highest BCUT2D eigenvalue weighted by Gasteiger charge is 2.09. The van der Waals surface area contributed by atoms with E-state index in [-0.39, 0.29) is 0 Å². The molecule has 1 heterocycles. The van der Waals surface area contributed by atoms with Gasteiger partial charge in [-0.15, -0.1) is 11.3 Å². The van der Waals surface area contributed by atoms with Crippen LogP contribution in [0.3, 0.4) is 0 Å². The van der Waals surface area contributed by atoms with E-state index in [1.807, 2.05) is 17.6 Å². The van der Waals surface area contributed by atoms with Crippen LogP contribution in [0.4, 0.5) is 5.69 Å². The molecule has 0 atom stereocenters. The molecule has 2 aromatic carbocycles. The second-order valence-corrected chi connectivity index (χ2v) is 6.72. The monoisotopic (exact) mass is 366 g/mol. The van der Waals surface area contributed by atoms with Crippen molar-refractivity contribution in [3.05, 3.63) is 56.5 Å². The standard InChI is InChI=1S/C15H12BrClN2S/c1-9-2-3-10(11(16)6-9)7-18-14-12(17)4-5-13-15(14)19-8-20-13/h2-6,8,18H,7H2,1H3. The molecule has 3 aromatic rings. The van der Waals surface area contributed by atoms with Gasteiger partial charge in [-0.25, -0.2) is 4.98 Å². The van der Waals surface area contributed by atoms with E-state index < -0.39 is 0 Å². The van der Waals surface area contributed by atoms with Crippen LogP contribution < -0.4 is 5.32 Å². The van der Waals surface area contributed by atoms with Gasteiger partial charge in [0, 0.05) is 11.0 Å². The largest absolute Gasteiger partial charge is 0.378 e. The number of aromatic nitrogens is 1. The maximum absolute atomic E-state index is 6.28. The Labute approximate surface area is 134 Å². The first-order valence-corrected chi connectivity index (χ1v) is 8.21. The van der Waals surface area contributed by atoms with Crippen molar-refractivity contribution < 1.29 is 0 Å². The van der Waals surface area contributed by atoms with Gasteiger partial charge in [-0.1, -0.05) is 39.7 Å². The number of anilines is 1. The highest BCUT2D eigenvalue weighted by molar-refractivity contribution is 9.10. The Morgan fingerprint density at radius 2 is 2.15 bits per heavy atom. The number of benzene rings is 2. The van der Waals surface area contributed by atoms with Crippen LogP contribution in [-0.2, 0) is 6.54 Å². The van der Waals surface area contributed by atoms with E-state index in [0.717, 1.165) is 20.4 Å². The number of nitrogens with one attached hydrogen (secondary N) is 1. The molecule has 0 fully saturated rings. The number of fused-ring (bicyclic) bond motifs is 1. The summed E-state index contributed by atoms with van der Waals surface area (Å²) in [7, 11) is 0. The van der Waals surface area contributed by atoms with Crippen molar-refractivity contribution >= 4 is 54.8 Å². The summed E-state index contributed by atoms with van der Waals surface area (Å²) in [6, 6.07) is 10.2. The first-order valence-electron chi connectivity index (χ1n) is 6.16. The first-order chi connectivity index (χ1) is 9.65. The van der Waals surface area contributed by atoms with Gasteiger partial charge in [0.05, 0.1) is 20.9 Å². The summed E-state index contributed by atoms with van der Waals surface area (Å²) < 4.78 is 2.24. The molecule has 0 spiro atoms. The molecule has 0 aliphatic carbocycles. The summed E-state index contributed by atoms with van der Waals surface area (Å²) in [4.78, 5) is 4.39. The minimum atomic E-state index is 0.701. The lowest BCUT2D eigenvalue weighted by atomic mass is 10.1. The SMILES string of the molecule is Cc1ccc(CNc2c(Cl)ccc3scnc23)c(Br)c1. The Hall–Kier alpha value is -1.10. The van der Waals surface area contributed by atoms with Gasteiger partial charge in [0.1, 0.15) is 5.52 Å². The van der Waals surface area contributed by atoms with Crippen molar-refractivity contribution in [1.82, 2.24) is 4.98 Å². The molecule has 0 unspecified atom stereocenters. The third-order valence-corrected chi connectivity index (χ3v) is 4.96. The Balaban J connectivity index is 1.90. The highest BCUT2D eigenvalue weighted by atomic mass is 79.9. The predicted molar refractivity (Wildman–Crippen MR) is 90.8 cm³/mol. The maximum Gasteiger partial charge on any atom is 0.106 e. The van der Waals surface area contributed by atoms with E-state index in [1.165, 1.54) is 11.1 Å². The van der Waals surface area contributed by atoms with Gasteiger partial charge in [-0.05, 0) is 36.2 Å². The molecule has 0 aliphatic heterocycles. The zero-order valence-corrected chi connectivity index (χ0v) is 13.9. The van der Waals surface area contributed by atoms with E-state index in [0.29, 0.717) is 11.6 Å². The van der Waals surface area contributed by atoms with Crippen LogP contribution in [0.5, 0.6) is 0 Å². The molecule has 0 amide bonds. The lowest BCUT2D eigenvalue weighted by molar-refractivity contribution is 1.13. The molecule has 1 aromatic heterocycles. The van der Waals surface area contributed by atoms with E-state index in [9.17, 15) is 0 Å². The van der Waals surface area contributed by atoms with Crippen LogP contribution in [0.2, 0.25) is 5.02 Å². The summed E-state index contributed by atoms with van der Waals surface area (Å²) in [5.41, 5.74) is 6.11. The quantitative estimate of drug-likeness (QED) is 0.648. The lowest BCUT2D eigenvalue weighted by Gasteiger charge is -2.11. The first kappa shape index (κ1) is 13.9. The van der Waals surface area contributed by atoms with Gasteiger partial charge in [-0.3, -0.25) is 0 Å². The molecule has 5 heteroatoms. The highest BCUT2D eigenvalue weighted by Crippen LogP contribution is 2.33. The van der Waals surface area contributed by atoms with Gasteiger partial charge >= 0.3 is 0 Å². The van der Waals surface area contributed by atoms with E-state index in [2.05, 4.69) is 51.4 Å². The van der Waals surface area contributed by atoms with Crippen molar-refractivity contribution in [2.75, 3.05) is 5.32 Å². The fourth-order valence-electron chi connectivity index (χ4n) is 2.05. The van der Waals surface area contributed by atoms with Crippen LogP contribution in [0, 0.1) is 6.92 Å². The number of thiazole rings is 1. The van der Waals surface area contributed by atoms with Crippen LogP contribution in [0.25, 0.3) is 10.2 Å². The smallest absolute Gasteiger partial charge is 0.106 e. The third-order valence-electron chi connectivity index (χ3n) is 3.12. The average molecular weight is 368 g/mol. The van der Waals surface area contributed by atoms with Gasteiger partial charge in [0.2, 0.25) is 0 Å². The molecular formula is C15H12BrClN2S. The van der Waals surface area contributed by atoms with E-state index >= 15 is 0 Å². The van der Waals surface area contributed by atoms with Gasteiger partial charge < -0.3 is 5.32 Å². The number of aryl methyl sites for hydroxylation is 1. The molecule has 1 N–H and O–H groups in total. The molecule has 20 heavy (non-hydrogen) atoms. The minimum Gasteiger partial charge on any atom is -0.378 e. The minimum absolute atomic E-state index is 0.701. The molecule has 0 bridgehead atoms. The second-order valence-electron chi connectivity index (χ2n) is 4.57. The molecule has 3 rings (SSSR count). The van der Waals surface area contributed by atoms with Crippen molar-refractivity contribution in [1.29, 1.82) is 0 Å². The average Bonchev–Trinajstić information content (AvgIpc) is 2.88. The zero-order valence-electron chi connectivity index (χ0n) is 10.8. The number of nitrogens with zero attached hydrogens (tertiary/aromatic N) is 1. The Morgan fingerprint density at radius 1 is 1.30 bits per heavy atom. The van der Waals surface area contributed by atoms with Crippen molar-refractivity contribution in [2.45, 2.75) is 13.5 Å². The summed E-state index contributed by atoms with van der Waals surface area (Å²) in [5.74, 6) is 0. The van der Waals surface area contributed by atoms with Gasteiger partial charge in [0.15, 0.2) is 0 Å². The number of halogens is 2. The summed E-state index contributed by atoms with van der Waals surface area (Å²) in [6.07, 6.45) is 0. The van der Waals surface area contributed by atoms with Gasteiger partial charge in [0.25, 0.3) is 0 Å². The summed E-state index contributed by atoms with van der Waals surface area (Å²) >= 11 is 11.5. The molecule has 0 saturated heterocycles. The Morgan fingerprint density at radius 3 is 2.95 bits per heavy atom. The lowest BCUT2D eigenvalue weighted by Crippen LogP contribution is -2.01. The van der Waals surface area contributed by atoms with Crippen molar-refractivity contribution in [3.8, 4) is 0 Å². The fraction of sp³-hybridized carbons (Fsp3) is 0.133. The molecule has 2 nitrogen and oxygen atoms in total. The maximum atomic E-state index is 6.28. The second kappa shape index (κ2) is 5.72. The molecule has 0 radical (unpaired) electrons. The summed E-state index contributed by atoms with van der Waals surface area (Å²) in [6.45, 7) is 2.78. The normalized spacial score (nSPS) is 10.9. The zero-order chi connectivity index (χ0) is 14.1. The van der Waals surface area contributed by atoms with Crippen LogP contribution >= 0.6 is 38.9 Å². The number of hydrogen-bond donors (Lipinski definition) is 1. The third kappa shape index (κ3) is 2.68. The molecular weight excluding hydrogens is 356 g/mol. The molecule has 102 valence electrons. The van der Waals surface area contributed by atoms with Gasteiger partial charge in [-0.2, -0.15) is 0 Å². The van der Waals surface area contributed by atoms with Crippen LogP contribution in [-0.4, -0.2) is 4.98 Å². The topological polar surface area (TPSA) is 24.9 Å². The Kier molecular flexibility index (Phi) is 3.96. The fourth-order valence-corrected chi connectivity index (χ4v) is 3.59. The molecule has 0 saturated carbocycles. The van der Waals surface area contributed by atoms with Crippen molar-refractivity contribution in [2.24, 2.45) is 0 Å². The van der Waals surface area contributed by atoms with Crippen LogP contribution in [0.1, 0.15) is 11.1 Å².